The molecule has 0 aromatic heterocycles. The van der Waals surface area contributed by atoms with E-state index in [1.165, 1.54) is 32.4 Å². The average Bonchev–Trinajstić information content (AvgIpc) is 2.80. The summed E-state index contributed by atoms with van der Waals surface area (Å²) in [7, 11) is -1.17. The summed E-state index contributed by atoms with van der Waals surface area (Å²) >= 11 is 0. The number of sulfonamides is 1. The van der Waals surface area contributed by atoms with Gasteiger partial charge in [-0.15, -0.1) is 0 Å². The fraction of sp³-hybridized carbons (Fsp3) is 0.333. The molecule has 11 heteroatoms. The molecule has 0 radical (unpaired) electrons. The van der Waals surface area contributed by atoms with Crippen LogP contribution in [0.2, 0.25) is 0 Å². The summed E-state index contributed by atoms with van der Waals surface area (Å²) in [5.74, 6) is -0.474. The molecular weight excluding hydrogens is 436 g/mol. The van der Waals surface area contributed by atoms with Gasteiger partial charge in [0.05, 0.1) is 26.9 Å². The molecule has 1 aliphatic heterocycles. The van der Waals surface area contributed by atoms with Gasteiger partial charge in [-0.2, -0.15) is 0 Å². The van der Waals surface area contributed by atoms with Crippen molar-refractivity contribution in [1.29, 1.82) is 0 Å². The van der Waals surface area contributed by atoms with Crippen LogP contribution < -0.4 is 20.1 Å². The van der Waals surface area contributed by atoms with Crippen LogP contribution in [0.1, 0.15) is 10.4 Å². The third kappa shape index (κ3) is 6.04. The van der Waals surface area contributed by atoms with E-state index in [9.17, 15) is 18.0 Å². The molecule has 1 fully saturated rings. The maximum Gasteiger partial charge on any atom is 0.255 e. The van der Waals surface area contributed by atoms with Crippen molar-refractivity contribution in [3.8, 4) is 5.75 Å². The normalized spacial score (nSPS) is 14.6. The van der Waals surface area contributed by atoms with Crippen LogP contribution in [0.25, 0.3) is 0 Å². The van der Waals surface area contributed by atoms with E-state index >= 15 is 0 Å². The lowest BCUT2D eigenvalue weighted by molar-refractivity contribution is -0.118. The maximum atomic E-state index is 12.6. The fourth-order valence-electron chi connectivity index (χ4n) is 3.14. The summed E-state index contributed by atoms with van der Waals surface area (Å²) in [5, 5.41) is 5.53. The van der Waals surface area contributed by atoms with E-state index in [1.54, 1.807) is 24.3 Å². The molecule has 0 unspecified atom stereocenters. The molecule has 3 rings (SSSR count). The fourth-order valence-corrected chi connectivity index (χ4v) is 4.06. The molecule has 172 valence electrons. The number of benzene rings is 2. The topological polar surface area (TPSA) is 126 Å². The van der Waals surface area contributed by atoms with Gasteiger partial charge >= 0.3 is 0 Å². The highest BCUT2D eigenvalue weighted by Crippen LogP contribution is 2.25. The zero-order chi connectivity index (χ0) is 23.1. The summed E-state index contributed by atoms with van der Waals surface area (Å²) < 4.78 is 37.0. The molecule has 0 saturated carbocycles. The maximum absolute atomic E-state index is 12.6. The molecule has 2 aromatic rings. The van der Waals surface area contributed by atoms with Crippen LogP contribution in [0.5, 0.6) is 5.75 Å². The van der Waals surface area contributed by atoms with Crippen LogP contribution >= 0.6 is 0 Å². The minimum atomic E-state index is -3.80. The van der Waals surface area contributed by atoms with Gasteiger partial charge in [0.2, 0.25) is 15.9 Å². The van der Waals surface area contributed by atoms with E-state index in [4.69, 9.17) is 9.47 Å². The number of carbonyl (C=O) groups is 2. The van der Waals surface area contributed by atoms with Crippen molar-refractivity contribution in [3.63, 3.8) is 0 Å². The number of carbonyl (C=O) groups excluding carboxylic acids is 2. The number of amides is 2. The van der Waals surface area contributed by atoms with Crippen molar-refractivity contribution < 1.29 is 27.5 Å². The Morgan fingerprint density at radius 1 is 1.03 bits per heavy atom. The number of rotatable bonds is 8. The summed E-state index contributed by atoms with van der Waals surface area (Å²) in [5.41, 5.74) is 1.26. The Kier molecular flexibility index (Phi) is 7.80. The predicted molar refractivity (Wildman–Crippen MR) is 120 cm³/mol. The van der Waals surface area contributed by atoms with Crippen LogP contribution in [0.15, 0.2) is 47.4 Å². The Morgan fingerprint density at radius 3 is 2.25 bits per heavy atom. The van der Waals surface area contributed by atoms with Gasteiger partial charge in [-0.1, -0.05) is 0 Å². The summed E-state index contributed by atoms with van der Waals surface area (Å²) in [4.78, 5) is 26.7. The molecule has 0 spiro atoms. The Bertz CT molecular complexity index is 1070. The Labute approximate surface area is 186 Å². The molecule has 32 heavy (non-hydrogen) atoms. The molecule has 10 nitrogen and oxygen atoms in total. The largest absolute Gasteiger partial charge is 0.495 e. The Balaban J connectivity index is 1.63. The molecular formula is C21H26N4O6S. The molecule has 1 aliphatic rings. The second kappa shape index (κ2) is 10.6. The number of anilines is 2. The van der Waals surface area contributed by atoms with E-state index in [0.29, 0.717) is 24.6 Å². The third-order valence-corrected chi connectivity index (χ3v) is 6.32. The van der Waals surface area contributed by atoms with Crippen molar-refractivity contribution in [1.82, 2.24) is 9.62 Å². The van der Waals surface area contributed by atoms with Gasteiger partial charge < -0.3 is 20.1 Å². The van der Waals surface area contributed by atoms with Crippen molar-refractivity contribution in [3.05, 3.63) is 48.0 Å². The number of methoxy groups -OCH3 is 1. The molecule has 0 bridgehead atoms. The molecule has 0 aliphatic carbocycles. The zero-order valence-corrected chi connectivity index (χ0v) is 18.7. The second-order valence-corrected chi connectivity index (χ2v) is 8.90. The predicted octanol–water partition coefficient (Wildman–Crippen LogP) is 1.13. The Morgan fingerprint density at radius 2 is 1.66 bits per heavy atom. The van der Waals surface area contributed by atoms with E-state index in [0.717, 1.165) is 13.1 Å². The number of hydrogen-bond acceptors (Lipinski definition) is 7. The first-order valence-corrected chi connectivity index (χ1v) is 11.4. The number of hydrogen-bond donors (Lipinski definition) is 3. The monoisotopic (exact) mass is 462 g/mol. The van der Waals surface area contributed by atoms with E-state index in [1.807, 2.05) is 4.90 Å². The highest BCUT2D eigenvalue weighted by atomic mass is 32.2. The average molecular weight is 463 g/mol. The first kappa shape index (κ1) is 23.7. The minimum Gasteiger partial charge on any atom is -0.495 e. The minimum absolute atomic E-state index is 0.125. The van der Waals surface area contributed by atoms with Crippen LogP contribution in [-0.2, 0) is 19.6 Å². The molecule has 0 atom stereocenters. The molecule has 2 aromatic carbocycles. The van der Waals surface area contributed by atoms with Crippen LogP contribution in [-0.4, -0.2) is 72.1 Å². The summed E-state index contributed by atoms with van der Waals surface area (Å²) in [6.45, 7) is 2.98. The standard InChI is InChI=1S/C21H26N4O6S/c1-22-32(28,29)19-13-15(3-8-18(19)30-2)21(27)24-17-6-4-16(5-7-17)23-20(26)14-25-9-11-31-12-10-25/h3-8,13,22H,9-12,14H2,1-2H3,(H,23,26)(H,24,27). The van der Waals surface area contributed by atoms with Crippen molar-refractivity contribution in [2.75, 3.05) is 57.6 Å². The third-order valence-electron chi connectivity index (χ3n) is 4.88. The van der Waals surface area contributed by atoms with E-state index in [-0.39, 0.29) is 28.7 Å². The first-order chi connectivity index (χ1) is 15.3. The molecule has 3 N–H and O–H groups in total. The Hall–Kier alpha value is -2.99. The smallest absolute Gasteiger partial charge is 0.255 e. The quantitative estimate of drug-likeness (QED) is 0.537. The van der Waals surface area contributed by atoms with Gasteiger partial charge in [-0.25, -0.2) is 13.1 Å². The molecule has 1 saturated heterocycles. The van der Waals surface area contributed by atoms with Gasteiger partial charge in [-0.05, 0) is 49.5 Å². The van der Waals surface area contributed by atoms with Crippen molar-refractivity contribution in [2.24, 2.45) is 0 Å². The van der Waals surface area contributed by atoms with Crippen LogP contribution in [0, 0.1) is 0 Å². The zero-order valence-electron chi connectivity index (χ0n) is 17.9. The van der Waals surface area contributed by atoms with Crippen LogP contribution in [0.4, 0.5) is 11.4 Å². The number of nitrogens with zero attached hydrogens (tertiary/aromatic N) is 1. The number of nitrogens with one attached hydrogen (secondary N) is 3. The number of ether oxygens (including phenoxy) is 2. The van der Waals surface area contributed by atoms with Crippen molar-refractivity contribution >= 4 is 33.2 Å². The van der Waals surface area contributed by atoms with Gasteiger partial charge in [0, 0.05) is 30.0 Å². The van der Waals surface area contributed by atoms with E-state index < -0.39 is 15.9 Å². The van der Waals surface area contributed by atoms with Gasteiger partial charge in [0.1, 0.15) is 10.6 Å². The lowest BCUT2D eigenvalue weighted by atomic mass is 10.2. The van der Waals surface area contributed by atoms with Gasteiger partial charge in [-0.3, -0.25) is 14.5 Å². The second-order valence-electron chi connectivity index (χ2n) is 7.04. The van der Waals surface area contributed by atoms with E-state index in [2.05, 4.69) is 15.4 Å². The van der Waals surface area contributed by atoms with Crippen LogP contribution in [0.3, 0.4) is 0 Å². The molecule has 1 heterocycles. The number of morpholine rings is 1. The first-order valence-electron chi connectivity index (χ1n) is 9.95. The van der Waals surface area contributed by atoms with Gasteiger partial charge in [0.15, 0.2) is 0 Å². The lowest BCUT2D eigenvalue weighted by Crippen LogP contribution is -2.41. The van der Waals surface area contributed by atoms with Crippen molar-refractivity contribution in [2.45, 2.75) is 4.90 Å². The van der Waals surface area contributed by atoms with Gasteiger partial charge in [0.25, 0.3) is 5.91 Å². The highest BCUT2D eigenvalue weighted by molar-refractivity contribution is 7.89. The highest BCUT2D eigenvalue weighted by Gasteiger charge is 2.20. The lowest BCUT2D eigenvalue weighted by Gasteiger charge is -2.25. The summed E-state index contributed by atoms with van der Waals surface area (Å²) in [6.07, 6.45) is 0. The summed E-state index contributed by atoms with van der Waals surface area (Å²) in [6, 6.07) is 10.8. The SMILES string of the molecule is CNS(=O)(=O)c1cc(C(=O)Nc2ccc(NC(=O)CN3CCOCC3)cc2)ccc1OC. The molecule has 2 amide bonds.